The van der Waals surface area contributed by atoms with E-state index in [1.807, 2.05) is 24.3 Å². The lowest BCUT2D eigenvalue weighted by Crippen LogP contribution is -2.35. The summed E-state index contributed by atoms with van der Waals surface area (Å²) in [6.07, 6.45) is 4.19. The zero-order valence-electron chi connectivity index (χ0n) is 8.69. The zero-order valence-corrected chi connectivity index (χ0v) is 8.69. The first-order chi connectivity index (χ1) is 7.75. The Morgan fingerprint density at radius 1 is 1.06 bits per heavy atom. The number of Topliss-reactive ketones (excluding diaryl/α,β-unsaturated/α-hetero) is 2. The smallest absolute Gasteiger partial charge is 0.186 e. The van der Waals surface area contributed by atoms with Crippen molar-refractivity contribution < 1.29 is 9.59 Å². The Morgan fingerprint density at radius 2 is 1.88 bits per heavy atom. The van der Waals surface area contributed by atoms with Crippen molar-refractivity contribution in [3.8, 4) is 0 Å². The molecule has 0 fully saturated rings. The predicted molar refractivity (Wildman–Crippen MR) is 60.9 cm³/mol. The molecule has 0 unspecified atom stereocenters. The highest BCUT2D eigenvalue weighted by Gasteiger charge is 2.23. The van der Waals surface area contributed by atoms with Gasteiger partial charge in [0, 0.05) is 18.4 Å². The molecule has 0 aromatic heterocycles. The molecule has 2 aliphatic rings. The second kappa shape index (κ2) is 3.27. The van der Waals surface area contributed by atoms with Crippen LogP contribution >= 0.6 is 0 Å². The van der Waals surface area contributed by atoms with E-state index in [4.69, 9.17) is 0 Å². The molecule has 3 rings (SSSR count). The van der Waals surface area contributed by atoms with Crippen molar-refractivity contribution >= 4 is 23.2 Å². The maximum Gasteiger partial charge on any atom is 0.186 e. The molecule has 0 heterocycles. The van der Waals surface area contributed by atoms with E-state index in [2.05, 4.69) is 0 Å². The van der Waals surface area contributed by atoms with E-state index in [0.717, 1.165) is 21.6 Å². The Balaban J connectivity index is 2.44. The number of ketones is 2. The van der Waals surface area contributed by atoms with Crippen molar-refractivity contribution in [2.45, 2.75) is 12.8 Å². The van der Waals surface area contributed by atoms with Gasteiger partial charge in [0.15, 0.2) is 5.78 Å². The second-order valence-electron chi connectivity index (χ2n) is 4.11. The average molecular weight is 210 g/mol. The van der Waals surface area contributed by atoms with Crippen LogP contribution in [0.15, 0.2) is 35.9 Å². The number of hydrogen-bond donors (Lipinski definition) is 0. The number of benzene rings is 1. The van der Waals surface area contributed by atoms with E-state index in [0.29, 0.717) is 12.8 Å². The Labute approximate surface area is 92.6 Å². The van der Waals surface area contributed by atoms with Gasteiger partial charge in [-0.2, -0.15) is 0 Å². The summed E-state index contributed by atoms with van der Waals surface area (Å²) in [7, 11) is 0. The van der Waals surface area contributed by atoms with Gasteiger partial charge in [-0.15, -0.1) is 0 Å². The van der Waals surface area contributed by atoms with Crippen molar-refractivity contribution in [1.29, 1.82) is 0 Å². The minimum atomic E-state index is 0.0289. The summed E-state index contributed by atoms with van der Waals surface area (Å²) in [5.41, 5.74) is 1.62. The molecule has 2 aliphatic carbocycles. The fraction of sp³-hybridized carbons (Fsp3) is 0.143. The van der Waals surface area contributed by atoms with E-state index >= 15 is 0 Å². The van der Waals surface area contributed by atoms with Crippen LogP contribution in [0.25, 0.3) is 11.6 Å². The molecule has 16 heavy (non-hydrogen) atoms. The van der Waals surface area contributed by atoms with Crippen molar-refractivity contribution in [2.75, 3.05) is 0 Å². The first-order valence-electron chi connectivity index (χ1n) is 5.32. The SMILES string of the molecule is O=C1CC=C2C(=O)C=c3ccccc3=C2C1. The molecule has 0 spiro atoms. The molecule has 78 valence electrons. The fourth-order valence-electron chi connectivity index (χ4n) is 2.31. The average Bonchev–Trinajstić information content (AvgIpc) is 2.29. The second-order valence-corrected chi connectivity index (χ2v) is 4.11. The van der Waals surface area contributed by atoms with Crippen molar-refractivity contribution in [2.24, 2.45) is 0 Å². The van der Waals surface area contributed by atoms with E-state index in [1.54, 1.807) is 12.2 Å². The van der Waals surface area contributed by atoms with Gasteiger partial charge in [-0.25, -0.2) is 0 Å². The maximum atomic E-state index is 11.8. The van der Waals surface area contributed by atoms with Crippen LogP contribution in [-0.4, -0.2) is 11.6 Å². The molecule has 2 heteroatoms. The highest BCUT2D eigenvalue weighted by molar-refractivity contribution is 6.26. The Kier molecular flexibility index (Phi) is 1.90. The molecule has 0 bridgehead atoms. The third kappa shape index (κ3) is 1.27. The minimum Gasteiger partial charge on any atom is -0.299 e. The van der Waals surface area contributed by atoms with E-state index in [-0.39, 0.29) is 11.6 Å². The van der Waals surface area contributed by atoms with Gasteiger partial charge in [-0.1, -0.05) is 30.3 Å². The number of carbonyl (C=O) groups is 2. The highest BCUT2D eigenvalue weighted by atomic mass is 16.1. The number of carbonyl (C=O) groups excluding carboxylic acids is 2. The summed E-state index contributed by atoms with van der Waals surface area (Å²) in [6, 6.07) is 7.73. The van der Waals surface area contributed by atoms with E-state index in [9.17, 15) is 9.59 Å². The third-order valence-corrected chi connectivity index (χ3v) is 3.07. The molecule has 2 nitrogen and oxygen atoms in total. The molecule has 0 saturated carbocycles. The molecular weight excluding hydrogens is 200 g/mol. The van der Waals surface area contributed by atoms with Gasteiger partial charge in [-0.3, -0.25) is 9.59 Å². The summed E-state index contributed by atoms with van der Waals surface area (Å²) in [4.78, 5) is 23.3. The summed E-state index contributed by atoms with van der Waals surface area (Å²) < 4.78 is 0. The lowest BCUT2D eigenvalue weighted by molar-refractivity contribution is -0.117. The number of rotatable bonds is 0. The van der Waals surface area contributed by atoms with Gasteiger partial charge in [0.1, 0.15) is 5.78 Å². The molecule has 0 N–H and O–H groups in total. The van der Waals surface area contributed by atoms with Crippen molar-refractivity contribution in [3.05, 3.63) is 46.4 Å². The quantitative estimate of drug-likeness (QED) is 0.624. The molecule has 1 aromatic carbocycles. The van der Waals surface area contributed by atoms with Crippen LogP contribution in [0.1, 0.15) is 12.8 Å². The topological polar surface area (TPSA) is 34.1 Å². The third-order valence-electron chi connectivity index (χ3n) is 3.07. The lowest BCUT2D eigenvalue weighted by atomic mass is 9.85. The van der Waals surface area contributed by atoms with Crippen LogP contribution < -0.4 is 10.4 Å². The molecule has 0 amide bonds. The standard InChI is InChI=1S/C14H10O2/c15-10-5-6-12-13(8-10)11-4-2-1-3-9(11)7-14(12)16/h1-4,6-7H,5,8H2. The predicted octanol–water partition coefficient (Wildman–Crippen LogP) is 0.490. The van der Waals surface area contributed by atoms with Gasteiger partial charge < -0.3 is 0 Å². The largest absolute Gasteiger partial charge is 0.299 e. The van der Waals surface area contributed by atoms with Gasteiger partial charge in [0.25, 0.3) is 0 Å². The maximum absolute atomic E-state index is 11.8. The van der Waals surface area contributed by atoms with Crippen molar-refractivity contribution in [3.63, 3.8) is 0 Å². The number of allylic oxidation sites excluding steroid dienone is 2. The summed E-state index contributed by atoms with van der Waals surface area (Å²) in [5, 5.41) is 1.95. The normalized spacial score (nSPS) is 18.5. The Bertz CT molecular complexity index is 648. The van der Waals surface area contributed by atoms with E-state index in [1.165, 1.54) is 0 Å². The molecule has 0 aliphatic heterocycles. The van der Waals surface area contributed by atoms with Crippen LogP contribution in [0.3, 0.4) is 0 Å². The Morgan fingerprint density at radius 3 is 2.75 bits per heavy atom. The Hall–Kier alpha value is -1.96. The zero-order chi connectivity index (χ0) is 11.1. The fourth-order valence-corrected chi connectivity index (χ4v) is 2.31. The lowest BCUT2D eigenvalue weighted by Gasteiger charge is -2.17. The first-order valence-corrected chi connectivity index (χ1v) is 5.32. The van der Waals surface area contributed by atoms with Crippen LogP contribution in [0.4, 0.5) is 0 Å². The van der Waals surface area contributed by atoms with Gasteiger partial charge in [-0.05, 0) is 22.1 Å². The number of hydrogen-bond acceptors (Lipinski definition) is 2. The highest BCUT2D eigenvalue weighted by Crippen LogP contribution is 2.24. The van der Waals surface area contributed by atoms with E-state index < -0.39 is 0 Å². The van der Waals surface area contributed by atoms with Crippen LogP contribution in [-0.2, 0) is 9.59 Å². The van der Waals surface area contributed by atoms with Crippen LogP contribution in [0.5, 0.6) is 0 Å². The molecule has 0 radical (unpaired) electrons. The summed E-state index contributed by atoms with van der Waals surface area (Å²) >= 11 is 0. The van der Waals surface area contributed by atoms with Gasteiger partial charge >= 0.3 is 0 Å². The van der Waals surface area contributed by atoms with Gasteiger partial charge in [0.05, 0.1) is 0 Å². The molecule has 0 atom stereocenters. The van der Waals surface area contributed by atoms with Gasteiger partial charge in [0.2, 0.25) is 0 Å². The minimum absolute atomic E-state index is 0.0289. The number of fused-ring (bicyclic) bond motifs is 2. The first kappa shape index (κ1) is 9.28. The summed E-state index contributed by atoms with van der Waals surface area (Å²) in [5.74, 6) is 0.212. The van der Waals surface area contributed by atoms with Crippen LogP contribution in [0.2, 0.25) is 0 Å². The molecular formula is C14H10O2. The van der Waals surface area contributed by atoms with Crippen LogP contribution in [0, 0.1) is 0 Å². The summed E-state index contributed by atoms with van der Waals surface area (Å²) in [6.45, 7) is 0. The van der Waals surface area contributed by atoms with Crippen molar-refractivity contribution in [1.82, 2.24) is 0 Å². The molecule has 1 aromatic rings. The monoisotopic (exact) mass is 210 g/mol. The molecule has 0 saturated heterocycles.